The van der Waals surface area contributed by atoms with E-state index in [1.54, 1.807) is 21.4 Å². The van der Waals surface area contributed by atoms with Crippen LogP contribution in [0.25, 0.3) is 11.3 Å². The summed E-state index contributed by atoms with van der Waals surface area (Å²) in [7, 11) is 0. The molecule has 1 aliphatic rings. The number of carbonyl (C=O) groups excluding carboxylic acids is 1. The second-order valence-corrected chi connectivity index (χ2v) is 8.19. The molecule has 4 rings (SSSR count). The fourth-order valence-corrected chi connectivity index (χ4v) is 4.03. The lowest BCUT2D eigenvalue weighted by Gasteiger charge is -2.30. The van der Waals surface area contributed by atoms with Gasteiger partial charge in [-0.05, 0) is 55.9 Å². The topological polar surface area (TPSA) is 72.5 Å². The minimum atomic E-state index is -0.215. The summed E-state index contributed by atoms with van der Waals surface area (Å²) in [5.74, 6) is 1.49. The van der Waals surface area contributed by atoms with E-state index in [0.717, 1.165) is 42.7 Å². The molecule has 152 valence electrons. The Hall–Kier alpha value is -2.96. The van der Waals surface area contributed by atoms with Gasteiger partial charge < -0.3 is 4.90 Å². The quantitative estimate of drug-likeness (QED) is 0.683. The van der Waals surface area contributed by atoms with Gasteiger partial charge >= 0.3 is 5.56 Å². The smallest absolute Gasteiger partial charge is 0.300 e. The highest BCUT2D eigenvalue weighted by Gasteiger charge is 2.21. The van der Waals surface area contributed by atoms with Crippen molar-refractivity contribution in [2.24, 2.45) is 5.92 Å². The molecule has 1 aliphatic heterocycles. The zero-order valence-corrected chi connectivity index (χ0v) is 17.3. The first kappa shape index (κ1) is 19.4. The second kappa shape index (κ2) is 7.81. The van der Waals surface area contributed by atoms with Crippen molar-refractivity contribution in [3.05, 3.63) is 57.9 Å². The summed E-state index contributed by atoms with van der Waals surface area (Å²) in [4.78, 5) is 27.4. The Morgan fingerprint density at radius 2 is 1.76 bits per heavy atom. The SMILES string of the molecule is Cc1cc(C)cc(-n2ccn3c(CCC(=O)N4CCC(C)CC4)nnc3c2=O)c1. The number of likely N-dealkylation sites (tertiary alicyclic amines) is 1. The van der Waals surface area contributed by atoms with E-state index in [1.807, 2.05) is 30.9 Å². The van der Waals surface area contributed by atoms with Crippen LogP contribution in [-0.4, -0.2) is 43.1 Å². The molecular formula is C22H27N5O2. The molecule has 0 aliphatic carbocycles. The summed E-state index contributed by atoms with van der Waals surface area (Å²) in [6.07, 6.45) is 6.53. The zero-order chi connectivity index (χ0) is 20.5. The zero-order valence-electron chi connectivity index (χ0n) is 17.3. The number of amides is 1. The minimum Gasteiger partial charge on any atom is -0.343 e. The van der Waals surface area contributed by atoms with Gasteiger partial charge in [-0.2, -0.15) is 0 Å². The molecule has 1 fully saturated rings. The minimum absolute atomic E-state index is 0.150. The first-order valence-corrected chi connectivity index (χ1v) is 10.2. The summed E-state index contributed by atoms with van der Waals surface area (Å²) < 4.78 is 3.29. The second-order valence-electron chi connectivity index (χ2n) is 8.19. The number of piperidine rings is 1. The third-order valence-electron chi connectivity index (χ3n) is 5.72. The predicted molar refractivity (Wildman–Crippen MR) is 111 cm³/mol. The molecule has 1 saturated heterocycles. The maximum atomic E-state index is 12.9. The van der Waals surface area contributed by atoms with Gasteiger partial charge in [0.1, 0.15) is 5.82 Å². The van der Waals surface area contributed by atoms with Crippen molar-refractivity contribution in [2.45, 2.75) is 46.5 Å². The Bertz CT molecular complexity index is 1090. The number of hydrogen-bond acceptors (Lipinski definition) is 4. The fourth-order valence-electron chi connectivity index (χ4n) is 4.03. The molecule has 0 N–H and O–H groups in total. The van der Waals surface area contributed by atoms with Gasteiger partial charge in [-0.25, -0.2) is 0 Å². The van der Waals surface area contributed by atoms with Gasteiger partial charge in [0.15, 0.2) is 0 Å². The molecule has 1 amide bonds. The Labute approximate surface area is 170 Å². The summed E-state index contributed by atoms with van der Waals surface area (Å²) in [5.41, 5.74) is 3.07. The molecule has 7 heteroatoms. The van der Waals surface area contributed by atoms with Crippen LogP contribution >= 0.6 is 0 Å². The Balaban J connectivity index is 1.54. The van der Waals surface area contributed by atoms with Crippen molar-refractivity contribution in [1.29, 1.82) is 0 Å². The van der Waals surface area contributed by atoms with Gasteiger partial charge in [0.25, 0.3) is 0 Å². The molecular weight excluding hydrogens is 366 g/mol. The number of aryl methyl sites for hydroxylation is 3. The molecule has 7 nitrogen and oxygen atoms in total. The van der Waals surface area contributed by atoms with Crippen molar-refractivity contribution >= 4 is 11.6 Å². The van der Waals surface area contributed by atoms with Crippen LogP contribution in [0.2, 0.25) is 0 Å². The van der Waals surface area contributed by atoms with Crippen molar-refractivity contribution in [2.75, 3.05) is 13.1 Å². The van der Waals surface area contributed by atoms with E-state index in [1.165, 1.54) is 0 Å². The maximum Gasteiger partial charge on any atom is 0.300 e. The number of benzene rings is 1. The van der Waals surface area contributed by atoms with Gasteiger partial charge in [-0.1, -0.05) is 13.0 Å². The average Bonchev–Trinajstić information content (AvgIpc) is 3.10. The molecule has 0 unspecified atom stereocenters. The van der Waals surface area contributed by atoms with Crippen LogP contribution in [0.15, 0.2) is 35.4 Å². The highest BCUT2D eigenvalue weighted by molar-refractivity contribution is 5.76. The third kappa shape index (κ3) is 3.95. The van der Waals surface area contributed by atoms with E-state index >= 15 is 0 Å². The molecule has 3 aromatic rings. The van der Waals surface area contributed by atoms with Crippen LogP contribution in [0.5, 0.6) is 0 Å². The van der Waals surface area contributed by atoms with Gasteiger partial charge in [0, 0.05) is 44.0 Å². The predicted octanol–water partition coefficient (Wildman–Crippen LogP) is 2.69. The monoisotopic (exact) mass is 393 g/mol. The molecule has 0 bridgehead atoms. The fraction of sp³-hybridized carbons (Fsp3) is 0.455. The van der Waals surface area contributed by atoms with Gasteiger partial charge in [-0.15, -0.1) is 10.2 Å². The average molecular weight is 393 g/mol. The van der Waals surface area contributed by atoms with Gasteiger partial charge in [0.05, 0.1) is 0 Å². The highest BCUT2D eigenvalue weighted by Crippen LogP contribution is 2.17. The Morgan fingerprint density at radius 1 is 1.07 bits per heavy atom. The summed E-state index contributed by atoms with van der Waals surface area (Å²) in [5, 5.41) is 8.29. The number of rotatable bonds is 4. The summed E-state index contributed by atoms with van der Waals surface area (Å²) in [6.45, 7) is 7.92. The van der Waals surface area contributed by atoms with Crippen LogP contribution in [0.4, 0.5) is 0 Å². The molecule has 0 radical (unpaired) electrons. The summed E-state index contributed by atoms with van der Waals surface area (Å²) >= 11 is 0. The van der Waals surface area contributed by atoms with Gasteiger partial charge in [0.2, 0.25) is 11.6 Å². The first-order valence-electron chi connectivity index (χ1n) is 10.2. The lowest BCUT2D eigenvalue weighted by atomic mass is 9.99. The van der Waals surface area contributed by atoms with E-state index < -0.39 is 0 Å². The van der Waals surface area contributed by atoms with Crippen LogP contribution in [-0.2, 0) is 11.2 Å². The highest BCUT2D eigenvalue weighted by atomic mass is 16.2. The van der Waals surface area contributed by atoms with E-state index in [0.29, 0.717) is 24.6 Å². The van der Waals surface area contributed by atoms with Crippen molar-refractivity contribution in [3.63, 3.8) is 0 Å². The van der Waals surface area contributed by atoms with Crippen LogP contribution in [0.3, 0.4) is 0 Å². The molecule has 0 spiro atoms. The number of aromatic nitrogens is 4. The molecule has 29 heavy (non-hydrogen) atoms. The van der Waals surface area contributed by atoms with Crippen molar-refractivity contribution in [3.8, 4) is 5.69 Å². The maximum absolute atomic E-state index is 12.9. The number of hydrogen-bond donors (Lipinski definition) is 0. The Morgan fingerprint density at radius 3 is 2.45 bits per heavy atom. The van der Waals surface area contributed by atoms with Crippen molar-refractivity contribution < 1.29 is 4.79 Å². The van der Waals surface area contributed by atoms with Gasteiger partial charge in [-0.3, -0.25) is 18.6 Å². The van der Waals surface area contributed by atoms with E-state index in [9.17, 15) is 9.59 Å². The van der Waals surface area contributed by atoms with E-state index in [2.05, 4.69) is 23.2 Å². The number of nitrogens with zero attached hydrogens (tertiary/aromatic N) is 5. The molecule has 2 aromatic heterocycles. The lowest BCUT2D eigenvalue weighted by molar-refractivity contribution is -0.132. The summed E-state index contributed by atoms with van der Waals surface area (Å²) in [6, 6.07) is 6.02. The van der Waals surface area contributed by atoms with Crippen LogP contribution < -0.4 is 5.56 Å². The van der Waals surface area contributed by atoms with Crippen molar-refractivity contribution in [1.82, 2.24) is 24.1 Å². The first-order chi connectivity index (χ1) is 13.9. The lowest BCUT2D eigenvalue weighted by Crippen LogP contribution is -2.38. The Kier molecular flexibility index (Phi) is 5.22. The van der Waals surface area contributed by atoms with E-state index in [-0.39, 0.29) is 17.1 Å². The molecule has 1 aromatic carbocycles. The standard InChI is InChI=1S/C22H27N5O2/c1-15-6-8-25(9-7-15)20(28)5-4-19-23-24-21-22(29)26(10-11-27(19)21)18-13-16(2)12-17(3)14-18/h10-15H,4-9H2,1-3H3. The molecule has 3 heterocycles. The van der Waals surface area contributed by atoms with Crippen LogP contribution in [0.1, 0.15) is 43.1 Å². The number of carbonyl (C=O) groups is 1. The molecule has 0 saturated carbocycles. The largest absolute Gasteiger partial charge is 0.343 e. The molecule has 0 atom stereocenters. The van der Waals surface area contributed by atoms with Crippen LogP contribution in [0, 0.1) is 19.8 Å². The van der Waals surface area contributed by atoms with E-state index in [4.69, 9.17) is 0 Å². The normalized spacial score (nSPS) is 15.2. The number of fused-ring (bicyclic) bond motifs is 1. The third-order valence-corrected chi connectivity index (χ3v) is 5.72.